The second kappa shape index (κ2) is 7.00. The van der Waals surface area contributed by atoms with Crippen molar-refractivity contribution in [3.8, 4) is 6.07 Å². The van der Waals surface area contributed by atoms with Crippen LogP contribution in [0.2, 0.25) is 0 Å². The Morgan fingerprint density at radius 1 is 1.31 bits per heavy atom. The molecule has 0 N–H and O–H groups in total. The van der Waals surface area contributed by atoms with Gasteiger partial charge in [0.05, 0.1) is 17.2 Å². The van der Waals surface area contributed by atoms with Crippen LogP contribution in [-0.4, -0.2) is 40.9 Å². The molecule has 2 heterocycles. The highest BCUT2D eigenvalue weighted by Crippen LogP contribution is 2.27. The molecular weight excluding hydrogens is 347 g/mol. The number of rotatable bonds is 3. The van der Waals surface area contributed by atoms with E-state index in [0.717, 1.165) is 10.9 Å². The average Bonchev–Trinajstić information content (AvgIpc) is 2.85. The summed E-state index contributed by atoms with van der Waals surface area (Å²) in [5.41, 5.74) is 2.04. The Balaban J connectivity index is 1.71. The number of amides is 1. The maximum absolute atomic E-state index is 12.6. The van der Waals surface area contributed by atoms with E-state index in [1.165, 1.54) is 0 Å². The molecule has 1 aromatic heterocycles. The molecule has 26 heavy (non-hydrogen) atoms. The fourth-order valence-electron chi connectivity index (χ4n) is 3.42. The first-order chi connectivity index (χ1) is 12.3. The molecule has 0 aliphatic carbocycles. The maximum atomic E-state index is 12.6. The molecule has 1 fully saturated rings. The zero-order chi connectivity index (χ0) is 18.9. The Morgan fingerprint density at radius 2 is 1.96 bits per heavy atom. The van der Waals surface area contributed by atoms with Crippen molar-refractivity contribution in [1.29, 1.82) is 5.26 Å². The summed E-state index contributed by atoms with van der Waals surface area (Å²) in [6, 6.07) is 9.52. The second-order valence-electron chi connectivity index (χ2n) is 6.32. The third kappa shape index (κ3) is 3.68. The summed E-state index contributed by atoms with van der Waals surface area (Å²) < 4.78 is 42.7. The number of alkyl halides is 3. The fraction of sp³-hybridized carbons (Fsp3) is 0.444. The van der Waals surface area contributed by atoms with Gasteiger partial charge >= 0.3 is 6.36 Å². The van der Waals surface area contributed by atoms with E-state index in [2.05, 4.69) is 10.8 Å². The number of nitrogens with zero attached hydrogens (tertiary/aromatic N) is 3. The lowest BCUT2D eigenvalue weighted by Crippen LogP contribution is -2.43. The van der Waals surface area contributed by atoms with Crippen LogP contribution in [0.4, 0.5) is 13.2 Å². The molecule has 1 amide bonds. The quantitative estimate of drug-likeness (QED) is 0.838. The Morgan fingerprint density at radius 3 is 2.58 bits per heavy atom. The summed E-state index contributed by atoms with van der Waals surface area (Å²) in [5, 5.41) is 10.2. The first-order valence-electron chi connectivity index (χ1n) is 8.30. The molecule has 0 atom stereocenters. The third-order valence-electron chi connectivity index (χ3n) is 4.73. The number of carbonyl (C=O) groups excluding carboxylic acids is 1. The van der Waals surface area contributed by atoms with Gasteiger partial charge in [0.2, 0.25) is 5.91 Å². The molecule has 1 saturated heterocycles. The molecule has 0 bridgehead atoms. The van der Waals surface area contributed by atoms with Crippen molar-refractivity contribution in [3.05, 3.63) is 35.5 Å². The summed E-state index contributed by atoms with van der Waals surface area (Å²) in [6.07, 6.45) is -5.25. The fourth-order valence-corrected chi connectivity index (χ4v) is 3.42. The number of carbonyl (C=O) groups is 1. The van der Waals surface area contributed by atoms with Gasteiger partial charge in [-0.3, -0.25) is 9.53 Å². The smallest absolute Gasteiger partial charge is 0.341 e. The minimum atomic E-state index is -4.65. The Labute approximate surface area is 148 Å². The molecular formula is C18H18F3N3O2. The van der Waals surface area contributed by atoms with Gasteiger partial charge in [-0.1, -0.05) is 18.2 Å². The van der Waals surface area contributed by atoms with Crippen LogP contribution < -0.4 is 0 Å². The maximum Gasteiger partial charge on any atom is 0.522 e. The minimum absolute atomic E-state index is 0.0544. The number of ether oxygens (including phenoxy) is 1. The standard InChI is InChI=1S/C18H18F3N3O2/c1-12-15(10-22)14-4-2-3-5-16(14)24(12)11-17(25)23-8-6-13(7-9-23)26-18(19,20)21/h2-5,13H,6-9,11H2,1H3. The first kappa shape index (κ1) is 18.3. The highest BCUT2D eigenvalue weighted by Gasteiger charge is 2.35. The van der Waals surface area contributed by atoms with Crippen LogP contribution in [0.25, 0.3) is 10.9 Å². The molecule has 0 spiro atoms. The van der Waals surface area contributed by atoms with Crippen molar-refractivity contribution < 1.29 is 22.7 Å². The van der Waals surface area contributed by atoms with Gasteiger partial charge in [-0.05, 0) is 25.8 Å². The molecule has 8 heteroatoms. The third-order valence-corrected chi connectivity index (χ3v) is 4.73. The monoisotopic (exact) mass is 365 g/mol. The summed E-state index contributed by atoms with van der Waals surface area (Å²) >= 11 is 0. The highest BCUT2D eigenvalue weighted by atomic mass is 19.4. The van der Waals surface area contributed by atoms with E-state index in [1.54, 1.807) is 16.4 Å². The molecule has 0 radical (unpaired) electrons. The van der Waals surface area contributed by atoms with Gasteiger partial charge in [0, 0.05) is 24.2 Å². The Hall–Kier alpha value is -2.53. The number of fused-ring (bicyclic) bond motifs is 1. The number of likely N-dealkylation sites (tertiary alicyclic amines) is 1. The van der Waals surface area contributed by atoms with E-state index < -0.39 is 12.5 Å². The topological polar surface area (TPSA) is 58.3 Å². The molecule has 0 saturated carbocycles. The SMILES string of the molecule is Cc1c(C#N)c2ccccc2n1CC(=O)N1CCC(OC(F)(F)F)CC1. The minimum Gasteiger partial charge on any atom is -0.341 e. The zero-order valence-corrected chi connectivity index (χ0v) is 14.2. The Bertz CT molecular complexity index is 859. The van der Waals surface area contributed by atoms with E-state index in [-0.39, 0.29) is 38.4 Å². The van der Waals surface area contributed by atoms with Crippen LogP contribution in [0.5, 0.6) is 0 Å². The van der Waals surface area contributed by atoms with E-state index in [0.29, 0.717) is 11.3 Å². The van der Waals surface area contributed by atoms with E-state index in [9.17, 15) is 23.2 Å². The number of halogens is 3. The van der Waals surface area contributed by atoms with Crippen molar-refractivity contribution in [2.75, 3.05) is 13.1 Å². The van der Waals surface area contributed by atoms with Crippen LogP contribution in [0.15, 0.2) is 24.3 Å². The molecule has 138 valence electrons. The lowest BCUT2D eigenvalue weighted by molar-refractivity contribution is -0.345. The molecule has 2 aromatic rings. The predicted molar refractivity (Wildman–Crippen MR) is 88.1 cm³/mol. The summed E-state index contributed by atoms with van der Waals surface area (Å²) in [5.74, 6) is -0.177. The number of aromatic nitrogens is 1. The number of para-hydroxylation sites is 1. The van der Waals surface area contributed by atoms with E-state index in [4.69, 9.17) is 0 Å². The number of hydrogen-bond donors (Lipinski definition) is 0. The lowest BCUT2D eigenvalue weighted by atomic mass is 10.1. The highest BCUT2D eigenvalue weighted by molar-refractivity contribution is 5.89. The van der Waals surface area contributed by atoms with Crippen LogP contribution in [0.3, 0.4) is 0 Å². The predicted octanol–water partition coefficient (Wildman–Crippen LogP) is 3.35. The molecule has 1 aliphatic rings. The van der Waals surface area contributed by atoms with Crippen molar-refractivity contribution in [3.63, 3.8) is 0 Å². The molecule has 3 rings (SSSR count). The molecule has 1 aliphatic heterocycles. The van der Waals surface area contributed by atoms with Crippen molar-refractivity contribution in [2.45, 2.75) is 38.8 Å². The van der Waals surface area contributed by atoms with Crippen molar-refractivity contribution in [2.24, 2.45) is 0 Å². The van der Waals surface area contributed by atoms with Gasteiger partial charge < -0.3 is 9.47 Å². The van der Waals surface area contributed by atoms with Crippen LogP contribution >= 0.6 is 0 Å². The van der Waals surface area contributed by atoms with Gasteiger partial charge in [0.15, 0.2) is 0 Å². The van der Waals surface area contributed by atoms with Crippen LogP contribution in [-0.2, 0) is 16.1 Å². The number of nitriles is 1. The molecule has 1 aromatic carbocycles. The first-order valence-corrected chi connectivity index (χ1v) is 8.30. The van der Waals surface area contributed by atoms with Gasteiger partial charge in [0.1, 0.15) is 12.6 Å². The summed E-state index contributed by atoms with van der Waals surface area (Å²) in [6.45, 7) is 2.29. The lowest BCUT2D eigenvalue weighted by Gasteiger charge is -2.32. The van der Waals surface area contributed by atoms with Crippen LogP contribution in [0, 0.1) is 18.3 Å². The van der Waals surface area contributed by atoms with E-state index in [1.807, 2.05) is 24.3 Å². The Kier molecular flexibility index (Phi) is 4.92. The second-order valence-corrected chi connectivity index (χ2v) is 6.32. The number of piperidine rings is 1. The summed E-state index contributed by atoms with van der Waals surface area (Å²) in [4.78, 5) is 14.2. The van der Waals surface area contributed by atoms with Gasteiger partial charge in [-0.15, -0.1) is 13.2 Å². The van der Waals surface area contributed by atoms with Gasteiger partial charge in [0.25, 0.3) is 0 Å². The van der Waals surface area contributed by atoms with Crippen molar-refractivity contribution in [1.82, 2.24) is 9.47 Å². The normalized spacial score (nSPS) is 16.0. The van der Waals surface area contributed by atoms with Gasteiger partial charge in [-0.25, -0.2) is 0 Å². The summed E-state index contributed by atoms with van der Waals surface area (Å²) in [7, 11) is 0. The van der Waals surface area contributed by atoms with Crippen LogP contribution in [0.1, 0.15) is 24.1 Å². The van der Waals surface area contributed by atoms with Gasteiger partial charge in [-0.2, -0.15) is 5.26 Å². The van der Waals surface area contributed by atoms with Crippen molar-refractivity contribution >= 4 is 16.8 Å². The largest absolute Gasteiger partial charge is 0.522 e. The van der Waals surface area contributed by atoms with E-state index >= 15 is 0 Å². The number of hydrogen-bond acceptors (Lipinski definition) is 3. The zero-order valence-electron chi connectivity index (χ0n) is 14.2. The molecule has 0 unspecified atom stereocenters. The average molecular weight is 365 g/mol. The number of benzene rings is 1. The molecule has 5 nitrogen and oxygen atoms in total.